The van der Waals surface area contributed by atoms with Gasteiger partial charge in [-0.2, -0.15) is 0 Å². The Morgan fingerprint density at radius 2 is 2.06 bits per heavy atom. The van der Waals surface area contributed by atoms with Crippen LogP contribution in [0.15, 0.2) is 18.2 Å². The molecule has 0 aromatic heterocycles. The van der Waals surface area contributed by atoms with Crippen LogP contribution in [0.2, 0.25) is 0 Å². The maximum Gasteiger partial charge on any atom is 0.244 e. The number of hydrogen-bond acceptors (Lipinski definition) is 2. The van der Waals surface area contributed by atoms with Crippen LogP contribution < -0.4 is 5.32 Å². The molecule has 1 aliphatic heterocycles. The van der Waals surface area contributed by atoms with E-state index < -0.39 is 0 Å². The standard InChI is InChI=1S/C14H18N2O/c1-9-4-5-11(10(2)8-9)12-15-14(6-7-14)13(17)16(12)3/h4-5,8,12,15H,6-7H2,1-3H3. The lowest BCUT2D eigenvalue weighted by molar-refractivity contribution is -0.129. The van der Waals surface area contributed by atoms with Crippen LogP contribution in [0.25, 0.3) is 0 Å². The topological polar surface area (TPSA) is 32.3 Å². The molecular formula is C14H18N2O. The Kier molecular flexibility index (Phi) is 2.11. The van der Waals surface area contributed by atoms with E-state index in [1.165, 1.54) is 16.7 Å². The van der Waals surface area contributed by atoms with Crippen molar-refractivity contribution in [2.45, 2.75) is 38.4 Å². The van der Waals surface area contributed by atoms with Crippen LogP contribution >= 0.6 is 0 Å². The molecule has 0 radical (unpaired) electrons. The van der Waals surface area contributed by atoms with Gasteiger partial charge >= 0.3 is 0 Å². The third kappa shape index (κ3) is 1.49. The smallest absolute Gasteiger partial charge is 0.244 e. The molecule has 1 N–H and O–H groups in total. The van der Waals surface area contributed by atoms with Crippen LogP contribution in [0.5, 0.6) is 0 Å². The van der Waals surface area contributed by atoms with Crippen LogP contribution in [-0.4, -0.2) is 23.4 Å². The van der Waals surface area contributed by atoms with E-state index in [0.717, 1.165) is 12.8 Å². The first-order valence-corrected chi connectivity index (χ1v) is 6.16. The van der Waals surface area contributed by atoms with Crippen LogP contribution in [0.3, 0.4) is 0 Å². The van der Waals surface area contributed by atoms with Crippen molar-refractivity contribution in [1.82, 2.24) is 10.2 Å². The lowest BCUT2D eigenvalue weighted by Gasteiger charge is -2.21. The van der Waals surface area contributed by atoms with Gasteiger partial charge in [0, 0.05) is 7.05 Å². The van der Waals surface area contributed by atoms with Gasteiger partial charge in [0.25, 0.3) is 0 Å². The van der Waals surface area contributed by atoms with E-state index in [-0.39, 0.29) is 17.6 Å². The quantitative estimate of drug-likeness (QED) is 0.799. The monoisotopic (exact) mass is 230 g/mol. The molecule has 1 heterocycles. The molecule has 3 heteroatoms. The third-order valence-electron chi connectivity index (χ3n) is 4.00. The van der Waals surface area contributed by atoms with E-state index in [1.54, 1.807) is 0 Å². The molecule has 3 rings (SSSR count). The summed E-state index contributed by atoms with van der Waals surface area (Å²) in [5, 5.41) is 3.49. The van der Waals surface area contributed by atoms with Crippen molar-refractivity contribution in [2.75, 3.05) is 7.05 Å². The number of nitrogens with zero attached hydrogens (tertiary/aromatic N) is 1. The van der Waals surface area contributed by atoms with Gasteiger partial charge in [0.05, 0.1) is 0 Å². The second-order valence-electron chi connectivity index (χ2n) is 5.41. The molecule has 1 saturated carbocycles. The molecule has 1 unspecified atom stereocenters. The minimum atomic E-state index is -0.225. The van der Waals surface area contributed by atoms with E-state index in [9.17, 15) is 4.79 Å². The summed E-state index contributed by atoms with van der Waals surface area (Å²) >= 11 is 0. The Morgan fingerprint density at radius 1 is 1.35 bits per heavy atom. The van der Waals surface area contributed by atoms with E-state index in [2.05, 4.69) is 37.4 Å². The van der Waals surface area contributed by atoms with E-state index in [4.69, 9.17) is 0 Å². The molecule has 3 nitrogen and oxygen atoms in total. The van der Waals surface area contributed by atoms with Crippen molar-refractivity contribution in [3.63, 3.8) is 0 Å². The number of likely N-dealkylation sites (N-methyl/N-ethyl adjacent to an activating group) is 1. The molecule has 1 saturated heterocycles. The summed E-state index contributed by atoms with van der Waals surface area (Å²) in [4.78, 5) is 14.0. The molecule has 2 aliphatic rings. The van der Waals surface area contributed by atoms with Crippen molar-refractivity contribution < 1.29 is 4.79 Å². The van der Waals surface area contributed by atoms with Crippen molar-refractivity contribution in [3.05, 3.63) is 34.9 Å². The summed E-state index contributed by atoms with van der Waals surface area (Å²) in [7, 11) is 1.90. The van der Waals surface area contributed by atoms with Gasteiger partial charge < -0.3 is 4.90 Å². The van der Waals surface area contributed by atoms with Crippen molar-refractivity contribution in [3.8, 4) is 0 Å². The first kappa shape index (κ1) is 10.8. The maximum atomic E-state index is 12.1. The normalized spacial score (nSPS) is 25.7. The largest absolute Gasteiger partial charge is 0.324 e. The Bertz CT molecular complexity index is 491. The Labute approximate surface area is 102 Å². The maximum absolute atomic E-state index is 12.1. The molecule has 0 bridgehead atoms. The zero-order valence-electron chi connectivity index (χ0n) is 10.6. The fraction of sp³-hybridized carbons (Fsp3) is 0.500. The molecule has 90 valence electrons. The van der Waals surface area contributed by atoms with Gasteiger partial charge in [-0.25, -0.2) is 0 Å². The summed E-state index contributed by atoms with van der Waals surface area (Å²) in [6.07, 6.45) is 2.01. The Balaban J connectivity index is 1.97. The van der Waals surface area contributed by atoms with Gasteiger partial charge in [0.1, 0.15) is 11.7 Å². The van der Waals surface area contributed by atoms with Gasteiger partial charge in [-0.3, -0.25) is 10.1 Å². The molecule has 2 fully saturated rings. The SMILES string of the molecule is Cc1ccc(C2NC3(CC3)C(=O)N2C)c(C)c1. The molecule has 1 amide bonds. The number of hydrogen-bond donors (Lipinski definition) is 1. The number of amides is 1. The van der Waals surface area contributed by atoms with Gasteiger partial charge in [-0.1, -0.05) is 23.8 Å². The molecule has 1 spiro atoms. The summed E-state index contributed by atoms with van der Waals surface area (Å²) < 4.78 is 0. The highest BCUT2D eigenvalue weighted by atomic mass is 16.2. The molecular weight excluding hydrogens is 212 g/mol. The number of aryl methyl sites for hydroxylation is 2. The summed E-state index contributed by atoms with van der Waals surface area (Å²) in [6.45, 7) is 4.20. The minimum absolute atomic E-state index is 0.0469. The predicted molar refractivity (Wildman–Crippen MR) is 66.5 cm³/mol. The fourth-order valence-corrected chi connectivity index (χ4v) is 2.78. The van der Waals surface area contributed by atoms with Crippen LogP contribution in [0.4, 0.5) is 0 Å². The number of carbonyl (C=O) groups excluding carboxylic acids is 1. The average Bonchev–Trinajstić information content (AvgIpc) is 3.01. The first-order valence-electron chi connectivity index (χ1n) is 6.16. The molecule has 1 aliphatic carbocycles. The van der Waals surface area contributed by atoms with Crippen molar-refractivity contribution in [2.24, 2.45) is 0 Å². The highest BCUT2D eigenvalue weighted by Gasteiger charge is 2.58. The van der Waals surface area contributed by atoms with Gasteiger partial charge in [0.2, 0.25) is 5.91 Å². The lowest BCUT2D eigenvalue weighted by atomic mass is 10.0. The Morgan fingerprint density at radius 3 is 2.59 bits per heavy atom. The molecule has 1 atom stereocenters. The lowest BCUT2D eigenvalue weighted by Crippen LogP contribution is -2.30. The van der Waals surface area contributed by atoms with Crippen LogP contribution in [-0.2, 0) is 4.79 Å². The highest BCUT2D eigenvalue weighted by molar-refractivity contribution is 5.91. The highest BCUT2D eigenvalue weighted by Crippen LogP contribution is 2.45. The second kappa shape index (κ2) is 3.33. The zero-order chi connectivity index (χ0) is 12.2. The van der Waals surface area contributed by atoms with E-state index >= 15 is 0 Å². The number of benzene rings is 1. The van der Waals surface area contributed by atoms with Gasteiger partial charge in [-0.05, 0) is 37.8 Å². The summed E-state index contributed by atoms with van der Waals surface area (Å²) in [6, 6.07) is 6.42. The second-order valence-corrected chi connectivity index (χ2v) is 5.41. The summed E-state index contributed by atoms with van der Waals surface area (Å²) in [5.74, 6) is 0.252. The average molecular weight is 230 g/mol. The number of carbonyl (C=O) groups is 1. The van der Waals surface area contributed by atoms with Gasteiger partial charge in [-0.15, -0.1) is 0 Å². The molecule has 17 heavy (non-hydrogen) atoms. The first-order chi connectivity index (χ1) is 8.03. The molecule has 1 aromatic rings. The predicted octanol–water partition coefficient (Wildman–Crippen LogP) is 1.90. The van der Waals surface area contributed by atoms with E-state index in [0.29, 0.717) is 0 Å². The zero-order valence-corrected chi connectivity index (χ0v) is 10.6. The van der Waals surface area contributed by atoms with Crippen LogP contribution in [0, 0.1) is 13.8 Å². The minimum Gasteiger partial charge on any atom is -0.324 e. The van der Waals surface area contributed by atoms with Crippen LogP contribution in [0.1, 0.15) is 35.7 Å². The number of rotatable bonds is 1. The van der Waals surface area contributed by atoms with Crippen molar-refractivity contribution >= 4 is 5.91 Å². The van der Waals surface area contributed by atoms with E-state index in [1.807, 2.05) is 11.9 Å². The molecule has 1 aromatic carbocycles. The number of nitrogens with one attached hydrogen (secondary N) is 1. The fourth-order valence-electron chi connectivity index (χ4n) is 2.78. The summed E-state index contributed by atoms with van der Waals surface area (Å²) in [5.41, 5.74) is 3.51. The Hall–Kier alpha value is -1.35. The van der Waals surface area contributed by atoms with Gasteiger partial charge in [0.15, 0.2) is 0 Å². The van der Waals surface area contributed by atoms with Crippen molar-refractivity contribution in [1.29, 1.82) is 0 Å². The third-order valence-corrected chi connectivity index (χ3v) is 4.00.